The normalized spacial score (nSPS) is 11.7. The second kappa shape index (κ2) is 4.70. The van der Waals surface area contributed by atoms with Gasteiger partial charge in [0, 0.05) is 0 Å². The molecule has 0 aromatic heterocycles. The molecule has 1 unspecified atom stereocenters. The molecule has 0 fully saturated rings. The summed E-state index contributed by atoms with van der Waals surface area (Å²) in [6.07, 6.45) is 0. The van der Waals surface area contributed by atoms with Crippen molar-refractivity contribution < 1.29 is 9.47 Å². The van der Waals surface area contributed by atoms with E-state index in [1.165, 1.54) is 0 Å². The summed E-state index contributed by atoms with van der Waals surface area (Å²) in [7, 11) is 3.20. The Kier molecular flexibility index (Phi) is 3.56. The first-order chi connectivity index (χ1) is 7.13. The van der Waals surface area contributed by atoms with Gasteiger partial charge in [-0.15, -0.1) is 0 Å². The Morgan fingerprint density at radius 1 is 1.20 bits per heavy atom. The molecule has 1 atom stereocenters. The molecule has 0 heterocycles. The highest BCUT2D eigenvalue weighted by Crippen LogP contribution is 2.35. The highest BCUT2D eigenvalue weighted by Gasteiger charge is 2.17. The summed E-state index contributed by atoms with van der Waals surface area (Å²) in [5.41, 5.74) is 1.87. The predicted molar refractivity (Wildman–Crippen MR) is 58.3 cm³/mol. The molecule has 0 saturated heterocycles. The minimum absolute atomic E-state index is 0.240. The smallest absolute Gasteiger partial charge is 0.127 e. The molecule has 80 valence electrons. The number of methoxy groups -OCH3 is 2. The molecule has 0 aliphatic heterocycles. The number of nitriles is 1. The maximum Gasteiger partial charge on any atom is 0.127 e. The van der Waals surface area contributed by atoms with Crippen LogP contribution in [0.2, 0.25) is 0 Å². The summed E-state index contributed by atoms with van der Waals surface area (Å²) in [5, 5.41) is 8.94. The monoisotopic (exact) mass is 205 g/mol. The predicted octanol–water partition coefficient (Wildman–Crippen LogP) is 2.64. The number of ether oxygens (including phenoxy) is 2. The van der Waals surface area contributed by atoms with Crippen molar-refractivity contribution in [2.24, 2.45) is 0 Å². The van der Waals surface area contributed by atoms with Gasteiger partial charge in [-0.25, -0.2) is 0 Å². The van der Waals surface area contributed by atoms with Crippen LogP contribution in [-0.2, 0) is 0 Å². The Morgan fingerprint density at radius 3 is 2.00 bits per heavy atom. The van der Waals surface area contributed by atoms with Crippen molar-refractivity contribution >= 4 is 0 Å². The van der Waals surface area contributed by atoms with Crippen LogP contribution in [0.1, 0.15) is 24.0 Å². The van der Waals surface area contributed by atoms with Crippen molar-refractivity contribution in [3.05, 3.63) is 23.3 Å². The van der Waals surface area contributed by atoms with Crippen LogP contribution in [0.4, 0.5) is 0 Å². The SMILES string of the molecule is COc1cc(C)cc(OC)c1C(C)C#N. The summed E-state index contributed by atoms with van der Waals surface area (Å²) >= 11 is 0. The van der Waals surface area contributed by atoms with Gasteiger partial charge in [0.25, 0.3) is 0 Å². The summed E-state index contributed by atoms with van der Waals surface area (Å²) in [6.45, 7) is 3.79. The Bertz CT molecular complexity index is 368. The molecule has 0 N–H and O–H groups in total. The third kappa shape index (κ3) is 2.21. The van der Waals surface area contributed by atoms with Gasteiger partial charge in [0.15, 0.2) is 0 Å². The third-order valence-electron chi connectivity index (χ3n) is 2.31. The van der Waals surface area contributed by atoms with Crippen LogP contribution in [0.5, 0.6) is 11.5 Å². The lowest BCUT2D eigenvalue weighted by Gasteiger charge is -2.15. The number of hydrogen-bond acceptors (Lipinski definition) is 3. The molecule has 3 nitrogen and oxygen atoms in total. The van der Waals surface area contributed by atoms with Gasteiger partial charge >= 0.3 is 0 Å². The minimum atomic E-state index is -0.240. The van der Waals surface area contributed by atoms with Crippen molar-refractivity contribution in [1.29, 1.82) is 5.26 Å². The summed E-state index contributed by atoms with van der Waals surface area (Å²) in [4.78, 5) is 0. The van der Waals surface area contributed by atoms with Crippen LogP contribution in [0.3, 0.4) is 0 Å². The van der Waals surface area contributed by atoms with Crippen LogP contribution in [0.25, 0.3) is 0 Å². The molecule has 0 radical (unpaired) electrons. The Morgan fingerprint density at radius 2 is 1.67 bits per heavy atom. The number of benzene rings is 1. The van der Waals surface area contributed by atoms with Crippen LogP contribution in [-0.4, -0.2) is 14.2 Å². The maximum absolute atomic E-state index is 8.94. The maximum atomic E-state index is 8.94. The number of aryl methyl sites for hydroxylation is 1. The van der Waals surface area contributed by atoms with Crippen LogP contribution in [0, 0.1) is 18.3 Å². The zero-order valence-electron chi connectivity index (χ0n) is 9.50. The van der Waals surface area contributed by atoms with E-state index in [-0.39, 0.29) is 5.92 Å². The van der Waals surface area contributed by atoms with Gasteiger partial charge in [-0.1, -0.05) is 0 Å². The minimum Gasteiger partial charge on any atom is -0.496 e. The first kappa shape index (κ1) is 11.4. The molecule has 0 aliphatic carbocycles. The highest BCUT2D eigenvalue weighted by atomic mass is 16.5. The second-order valence-corrected chi connectivity index (χ2v) is 3.43. The fraction of sp³-hybridized carbons (Fsp3) is 0.417. The van der Waals surface area contributed by atoms with Gasteiger partial charge in [0.05, 0.1) is 31.8 Å². The topological polar surface area (TPSA) is 42.2 Å². The molecule has 0 aliphatic rings. The largest absolute Gasteiger partial charge is 0.496 e. The molecule has 0 saturated carbocycles. The fourth-order valence-corrected chi connectivity index (χ4v) is 1.56. The van der Waals surface area contributed by atoms with Crippen molar-refractivity contribution in [1.82, 2.24) is 0 Å². The average molecular weight is 205 g/mol. The van der Waals surface area contributed by atoms with Gasteiger partial charge < -0.3 is 9.47 Å². The van der Waals surface area contributed by atoms with E-state index < -0.39 is 0 Å². The standard InChI is InChI=1S/C12H15NO2/c1-8-5-10(14-3)12(9(2)7-13)11(6-8)15-4/h5-6,9H,1-4H3. The van der Waals surface area contributed by atoms with Gasteiger partial charge in [0.2, 0.25) is 0 Å². The van der Waals surface area contributed by atoms with Gasteiger partial charge in [-0.2, -0.15) is 5.26 Å². The first-order valence-corrected chi connectivity index (χ1v) is 4.76. The average Bonchev–Trinajstić information content (AvgIpc) is 2.26. The lowest BCUT2D eigenvalue weighted by atomic mass is 9.98. The summed E-state index contributed by atoms with van der Waals surface area (Å²) in [6, 6.07) is 6.01. The third-order valence-corrected chi connectivity index (χ3v) is 2.31. The van der Waals surface area contributed by atoms with E-state index >= 15 is 0 Å². The molecular weight excluding hydrogens is 190 g/mol. The van der Waals surface area contributed by atoms with Crippen molar-refractivity contribution in [3.63, 3.8) is 0 Å². The Balaban J connectivity index is 3.38. The molecule has 1 aromatic rings. The van der Waals surface area contributed by atoms with E-state index in [2.05, 4.69) is 6.07 Å². The second-order valence-electron chi connectivity index (χ2n) is 3.43. The van der Waals surface area contributed by atoms with E-state index in [9.17, 15) is 0 Å². The van der Waals surface area contributed by atoms with Crippen molar-refractivity contribution in [3.8, 4) is 17.6 Å². The van der Waals surface area contributed by atoms with E-state index in [1.807, 2.05) is 26.0 Å². The number of hydrogen-bond donors (Lipinski definition) is 0. The van der Waals surface area contributed by atoms with Crippen LogP contribution < -0.4 is 9.47 Å². The van der Waals surface area contributed by atoms with E-state index in [0.717, 1.165) is 11.1 Å². The van der Waals surface area contributed by atoms with Crippen molar-refractivity contribution in [2.75, 3.05) is 14.2 Å². The summed E-state index contributed by atoms with van der Waals surface area (Å²) < 4.78 is 10.5. The first-order valence-electron chi connectivity index (χ1n) is 4.76. The van der Waals surface area contributed by atoms with E-state index in [0.29, 0.717) is 11.5 Å². The molecule has 0 amide bonds. The Hall–Kier alpha value is -1.69. The molecule has 3 heteroatoms. The number of rotatable bonds is 3. The molecule has 1 rings (SSSR count). The van der Waals surface area contributed by atoms with Crippen LogP contribution in [0.15, 0.2) is 12.1 Å². The molecule has 0 bridgehead atoms. The summed E-state index contributed by atoms with van der Waals surface area (Å²) in [5.74, 6) is 1.18. The van der Waals surface area contributed by atoms with E-state index in [4.69, 9.17) is 14.7 Å². The quantitative estimate of drug-likeness (QED) is 0.761. The van der Waals surface area contributed by atoms with Gasteiger partial charge in [-0.05, 0) is 31.5 Å². The van der Waals surface area contributed by atoms with Gasteiger partial charge in [0.1, 0.15) is 11.5 Å². The van der Waals surface area contributed by atoms with Crippen molar-refractivity contribution in [2.45, 2.75) is 19.8 Å². The lowest BCUT2D eigenvalue weighted by Crippen LogP contribution is -2.00. The van der Waals surface area contributed by atoms with Gasteiger partial charge in [-0.3, -0.25) is 0 Å². The van der Waals surface area contributed by atoms with E-state index in [1.54, 1.807) is 14.2 Å². The molecule has 1 aromatic carbocycles. The molecule has 15 heavy (non-hydrogen) atoms. The fourth-order valence-electron chi connectivity index (χ4n) is 1.56. The Labute approximate surface area is 90.2 Å². The number of nitrogens with zero attached hydrogens (tertiary/aromatic N) is 1. The lowest BCUT2D eigenvalue weighted by molar-refractivity contribution is 0.383. The molecule has 0 spiro atoms. The molecular formula is C12H15NO2. The zero-order valence-corrected chi connectivity index (χ0v) is 9.50. The van der Waals surface area contributed by atoms with Crippen LogP contribution >= 0.6 is 0 Å². The highest BCUT2D eigenvalue weighted by molar-refractivity contribution is 5.51. The zero-order chi connectivity index (χ0) is 11.4.